The van der Waals surface area contributed by atoms with Crippen LogP contribution in [0.15, 0.2) is 30.3 Å². The number of hydrogen-bond acceptors (Lipinski definition) is 5. The fraction of sp³-hybridized carbons (Fsp3) is 0.389. The van der Waals surface area contributed by atoms with Gasteiger partial charge in [0, 0.05) is 17.3 Å². The third kappa shape index (κ3) is 3.35. The monoisotopic (exact) mass is 370 g/mol. The smallest absolute Gasteiger partial charge is 0.276 e. The van der Waals surface area contributed by atoms with Gasteiger partial charge in [-0.1, -0.05) is 6.07 Å². The fourth-order valence-electron chi connectivity index (χ4n) is 3.33. The van der Waals surface area contributed by atoms with Crippen LogP contribution >= 0.6 is 0 Å². The predicted molar refractivity (Wildman–Crippen MR) is 95.6 cm³/mol. The van der Waals surface area contributed by atoms with E-state index in [1.54, 1.807) is 35.0 Å². The molecule has 0 bridgehead atoms. The summed E-state index contributed by atoms with van der Waals surface area (Å²) in [5, 5.41) is 16.1. The summed E-state index contributed by atoms with van der Waals surface area (Å²) in [7, 11) is -3.02. The van der Waals surface area contributed by atoms with E-state index in [-0.39, 0.29) is 29.1 Å². The van der Waals surface area contributed by atoms with Gasteiger partial charge in [0.2, 0.25) is 0 Å². The lowest BCUT2D eigenvalue weighted by molar-refractivity contribution is 0.102. The quantitative estimate of drug-likeness (QED) is 0.889. The van der Waals surface area contributed by atoms with Gasteiger partial charge in [-0.2, -0.15) is 10.4 Å². The topological polar surface area (TPSA) is 105 Å². The molecule has 2 aromatic rings. The molecule has 2 heterocycles. The van der Waals surface area contributed by atoms with Crippen molar-refractivity contribution in [3.8, 4) is 6.07 Å². The van der Waals surface area contributed by atoms with Gasteiger partial charge in [0.05, 0.1) is 29.2 Å². The van der Waals surface area contributed by atoms with E-state index in [4.69, 9.17) is 5.26 Å². The van der Waals surface area contributed by atoms with Crippen molar-refractivity contribution in [1.82, 2.24) is 9.78 Å². The molecule has 2 fully saturated rings. The van der Waals surface area contributed by atoms with Crippen LogP contribution in [0.1, 0.15) is 53.0 Å². The molecule has 0 radical (unpaired) electrons. The largest absolute Gasteiger partial charge is 0.321 e. The van der Waals surface area contributed by atoms with Gasteiger partial charge in [-0.3, -0.25) is 9.48 Å². The van der Waals surface area contributed by atoms with Crippen molar-refractivity contribution in [2.75, 3.05) is 16.8 Å². The van der Waals surface area contributed by atoms with Crippen LogP contribution in [0.25, 0.3) is 0 Å². The minimum absolute atomic E-state index is 0.0830. The standard InChI is InChI=1S/C18H18N4O3S/c19-10-12-2-1-3-14(8-12)20-18(23)16-9-17(13-4-5-13)22(21-16)15-6-7-26(24,25)11-15/h1-3,8-9,13,15H,4-7,11H2,(H,20,23). The molecule has 1 aromatic heterocycles. The highest BCUT2D eigenvalue weighted by molar-refractivity contribution is 7.91. The highest BCUT2D eigenvalue weighted by Crippen LogP contribution is 2.42. The Hall–Kier alpha value is -2.66. The molecule has 1 atom stereocenters. The molecule has 134 valence electrons. The SMILES string of the molecule is N#Cc1cccc(NC(=O)c2cc(C3CC3)n(C3CCS(=O)(=O)C3)n2)c1. The maximum Gasteiger partial charge on any atom is 0.276 e. The molecule has 1 saturated carbocycles. The van der Waals surface area contributed by atoms with Crippen LogP contribution in [0.5, 0.6) is 0 Å². The van der Waals surface area contributed by atoms with E-state index in [2.05, 4.69) is 10.4 Å². The summed E-state index contributed by atoms with van der Waals surface area (Å²) in [5.74, 6) is 0.250. The molecule has 1 aliphatic carbocycles. The second-order valence-corrected chi connectivity index (χ2v) is 9.11. The van der Waals surface area contributed by atoms with E-state index in [9.17, 15) is 13.2 Å². The molecule has 26 heavy (non-hydrogen) atoms. The molecule has 1 aromatic carbocycles. The second-order valence-electron chi connectivity index (χ2n) is 6.88. The first-order valence-electron chi connectivity index (χ1n) is 8.56. The van der Waals surface area contributed by atoms with Crippen molar-refractivity contribution in [2.24, 2.45) is 0 Å². The molecule has 0 spiro atoms. The van der Waals surface area contributed by atoms with Crippen molar-refractivity contribution >= 4 is 21.4 Å². The summed E-state index contributed by atoms with van der Waals surface area (Å²) >= 11 is 0. The van der Waals surface area contributed by atoms with Gasteiger partial charge in [0.1, 0.15) is 0 Å². The number of hydrogen-bond donors (Lipinski definition) is 1. The number of carbonyl (C=O) groups excluding carboxylic acids is 1. The van der Waals surface area contributed by atoms with Gasteiger partial charge in [-0.05, 0) is 43.5 Å². The van der Waals surface area contributed by atoms with Crippen molar-refractivity contribution in [2.45, 2.75) is 31.2 Å². The molecule has 1 unspecified atom stereocenters. The number of carbonyl (C=O) groups is 1. The van der Waals surface area contributed by atoms with E-state index >= 15 is 0 Å². The molecule has 1 aliphatic heterocycles. The van der Waals surface area contributed by atoms with Crippen LogP contribution in [0, 0.1) is 11.3 Å². The summed E-state index contributed by atoms with van der Waals surface area (Å²) in [6.07, 6.45) is 2.61. The average molecular weight is 370 g/mol. The Morgan fingerprint density at radius 1 is 1.27 bits per heavy atom. The van der Waals surface area contributed by atoms with E-state index < -0.39 is 9.84 Å². The van der Waals surface area contributed by atoms with Crippen LogP contribution in [0.3, 0.4) is 0 Å². The summed E-state index contributed by atoms with van der Waals surface area (Å²) in [6, 6.07) is 10.3. The highest BCUT2D eigenvalue weighted by atomic mass is 32.2. The van der Waals surface area contributed by atoms with Gasteiger partial charge < -0.3 is 5.32 Å². The van der Waals surface area contributed by atoms with Crippen LogP contribution in [0.2, 0.25) is 0 Å². The number of benzene rings is 1. The predicted octanol–water partition coefficient (Wildman–Crippen LogP) is 2.24. The zero-order valence-electron chi connectivity index (χ0n) is 14.1. The van der Waals surface area contributed by atoms with Gasteiger partial charge in [-0.15, -0.1) is 0 Å². The minimum atomic E-state index is -3.02. The van der Waals surface area contributed by atoms with E-state index in [1.165, 1.54) is 0 Å². The van der Waals surface area contributed by atoms with Crippen molar-refractivity contribution in [3.05, 3.63) is 47.3 Å². The molecule has 2 aliphatic rings. The molecule has 4 rings (SSSR count). The number of aromatic nitrogens is 2. The van der Waals surface area contributed by atoms with Crippen molar-refractivity contribution in [3.63, 3.8) is 0 Å². The first kappa shape index (κ1) is 16.8. The normalized spacial score (nSPS) is 21.3. The zero-order chi connectivity index (χ0) is 18.3. The lowest BCUT2D eigenvalue weighted by Gasteiger charge is -2.12. The van der Waals surface area contributed by atoms with E-state index in [1.807, 2.05) is 6.07 Å². The Labute approximate surface area is 151 Å². The van der Waals surface area contributed by atoms with Crippen LogP contribution in [0.4, 0.5) is 5.69 Å². The molecule has 1 amide bonds. The molecule has 1 N–H and O–H groups in total. The van der Waals surface area contributed by atoms with E-state index in [0.717, 1.165) is 18.5 Å². The third-order valence-electron chi connectivity index (χ3n) is 4.80. The summed E-state index contributed by atoms with van der Waals surface area (Å²) < 4.78 is 25.4. The van der Waals surface area contributed by atoms with Crippen molar-refractivity contribution < 1.29 is 13.2 Å². The molecular formula is C18H18N4O3S. The number of nitrogens with one attached hydrogen (secondary N) is 1. The number of amides is 1. The minimum Gasteiger partial charge on any atom is -0.321 e. The lowest BCUT2D eigenvalue weighted by Crippen LogP contribution is -2.17. The Morgan fingerprint density at radius 3 is 2.73 bits per heavy atom. The molecule has 7 nitrogen and oxygen atoms in total. The second kappa shape index (κ2) is 6.25. The first-order chi connectivity index (χ1) is 12.4. The Balaban J connectivity index is 1.59. The van der Waals surface area contributed by atoms with Gasteiger partial charge in [-0.25, -0.2) is 8.42 Å². The molecular weight excluding hydrogens is 352 g/mol. The summed E-state index contributed by atoms with van der Waals surface area (Å²) in [5.41, 5.74) is 2.21. The summed E-state index contributed by atoms with van der Waals surface area (Å²) in [4.78, 5) is 12.6. The van der Waals surface area contributed by atoms with Crippen LogP contribution in [-0.4, -0.2) is 35.6 Å². The Kier molecular flexibility index (Phi) is 4.04. The Morgan fingerprint density at radius 2 is 2.08 bits per heavy atom. The third-order valence-corrected chi connectivity index (χ3v) is 6.55. The first-order valence-corrected chi connectivity index (χ1v) is 10.4. The van der Waals surface area contributed by atoms with E-state index in [0.29, 0.717) is 23.6 Å². The fourth-order valence-corrected chi connectivity index (χ4v) is 5.02. The van der Waals surface area contributed by atoms with Crippen LogP contribution < -0.4 is 5.32 Å². The summed E-state index contributed by atoms with van der Waals surface area (Å²) in [6.45, 7) is 0. The lowest BCUT2D eigenvalue weighted by atomic mass is 10.2. The van der Waals surface area contributed by atoms with Crippen LogP contribution in [-0.2, 0) is 9.84 Å². The van der Waals surface area contributed by atoms with Crippen molar-refractivity contribution in [1.29, 1.82) is 5.26 Å². The number of sulfone groups is 1. The van der Waals surface area contributed by atoms with Gasteiger partial charge in [0.25, 0.3) is 5.91 Å². The van der Waals surface area contributed by atoms with Gasteiger partial charge >= 0.3 is 0 Å². The number of nitrogens with zero attached hydrogens (tertiary/aromatic N) is 3. The molecule has 8 heteroatoms. The maximum absolute atomic E-state index is 12.6. The number of rotatable bonds is 4. The van der Waals surface area contributed by atoms with Gasteiger partial charge in [0.15, 0.2) is 15.5 Å². The maximum atomic E-state index is 12.6. The number of anilines is 1. The average Bonchev–Trinajstić information content (AvgIpc) is 3.26. The highest BCUT2D eigenvalue weighted by Gasteiger charge is 2.36. The Bertz CT molecular complexity index is 1020. The number of nitriles is 1. The molecule has 1 saturated heterocycles. The zero-order valence-corrected chi connectivity index (χ0v) is 14.9.